The van der Waals surface area contributed by atoms with Gasteiger partial charge in [-0.2, -0.15) is 11.8 Å². The molecule has 0 aliphatic rings. The molecule has 0 aromatic heterocycles. The quantitative estimate of drug-likeness (QED) is 0.535. The molecule has 0 aliphatic carbocycles. The lowest BCUT2D eigenvalue weighted by atomic mass is 10.1. The van der Waals surface area contributed by atoms with Crippen LogP contribution in [0.5, 0.6) is 5.75 Å². The molecule has 3 rings (SSSR count). The molecule has 0 atom stereocenters. The highest BCUT2D eigenvalue weighted by molar-refractivity contribution is 7.98. The number of halogens is 1. The van der Waals surface area contributed by atoms with Gasteiger partial charge < -0.3 is 4.74 Å². The van der Waals surface area contributed by atoms with Crippen LogP contribution in [0, 0.1) is 0 Å². The topological polar surface area (TPSA) is 55.4 Å². The molecule has 1 N–H and O–H groups in total. The smallest absolute Gasteiger partial charge is 0.240 e. The number of hydrogen-bond acceptors (Lipinski definition) is 4. The molecule has 0 unspecified atom stereocenters. The Kier molecular flexibility index (Phi) is 6.65. The van der Waals surface area contributed by atoms with Crippen molar-refractivity contribution in [1.82, 2.24) is 4.72 Å². The van der Waals surface area contributed by atoms with E-state index in [4.69, 9.17) is 16.3 Å². The van der Waals surface area contributed by atoms with Crippen molar-refractivity contribution < 1.29 is 13.2 Å². The lowest BCUT2D eigenvalue weighted by Gasteiger charge is -2.09. The molecule has 0 saturated carbocycles. The Bertz CT molecular complexity index is 1040. The van der Waals surface area contributed by atoms with Crippen molar-refractivity contribution in [2.24, 2.45) is 0 Å². The van der Waals surface area contributed by atoms with Gasteiger partial charge in [0.1, 0.15) is 5.75 Å². The molecule has 0 heterocycles. The fourth-order valence-corrected chi connectivity index (χ4v) is 4.86. The Morgan fingerprint density at radius 3 is 2.59 bits per heavy atom. The van der Waals surface area contributed by atoms with E-state index in [-0.39, 0.29) is 4.90 Å². The number of sulfonamides is 1. The monoisotopic (exact) mass is 421 g/mol. The van der Waals surface area contributed by atoms with E-state index >= 15 is 0 Å². The number of hydrogen-bond donors (Lipinski definition) is 1. The first-order chi connectivity index (χ1) is 13.0. The average Bonchev–Trinajstić information content (AvgIpc) is 2.67. The van der Waals surface area contributed by atoms with E-state index in [1.807, 2.05) is 42.5 Å². The maximum atomic E-state index is 12.5. The molecular formula is C20H20ClNO3S2. The second-order valence-electron chi connectivity index (χ2n) is 5.96. The normalized spacial score (nSPS) is 11.6. The minimum Gasteiger partial charge on any atom is -0.497 e. The third kappa shape index (κ3) is 5.39. The Labute approximate surface area is 168 Å². The summed E-state index contributed by atoms with van der Waals surface area (Å²) in [7, 11) is -1.93. The van der Waals surface area contributed by atoms with Crippen molar-refractivity contribution in [1.29, 1.82) is 0 Å². The van der Waals surface area contributed by atoms with Gasteiger partial charge in [0, 0.05) is 23.1 Å². The highest BCUT2D eigenvalue weighted by atomic mass is 35.5. The summed E-state index contributed by atoms with van der Waals surface area (Å²) in [5, 5.41) is 2.50. The van der Waals surface area contributed by atoms with Gasteiger partial charge in [0.25, 0.3) is 0 Å². The van der Waals surface area contributed by atoms with Crippen LogP contribution in [0.3, 0.4) is 0 Å². The van der Waals surface area contributed by atoms with Crippen LogP contribution in [0.4, 0.5) is 0 Å². The number of fused-ring (bicyclic) bond motifs is 1. The van der Waals surface area contributed by atoms with Crippen LogP contribution < -0.4 is 9.46 Å². The van der Waals surface area contributed by atoms with E-state index in [9.17, 15) is 8.42 Å². The number of nitrogens with one attached hydrogen (secondary N) is 1. The highest BCUT2D eigenvalue weighted by Gasteiger charge is 2.14. The highest BCUT2D eigenvalue weighted by Crippen LogP contribution is 2.23. The van der Waals surface area contributed by atoms with Crippen LogP contribution in [-0.2, 0) is 15.8 Å². The fraction of sp³-hybridized carbons (Fsp3) is 0.200. The Morgan fingerprint density at radius 2 is 1.81 bits per heavy atom. The van der Waals surface area contributed by atoms with E-state index in [1.165, 1.54) is 0 Å². The summed E-state index contributed by atoms with van der Waals surface area (Å²) >= 11 is 7.62. The van der Waals surface area contributed by atoms with Gasteiger partial charge in [-0.3, -0.25) is 0 Å². The van der Waals surface area contributed by atoms with Gasteiger partial charge in [-0.05, 0) is 52.7 Å². The number of benzene rings is 3. The second-order valence-corrected chi connectivity index (χ2v) is 9.26. The van der Waals surface area contributed by atoms with Gasteiger partial charge in [0.05, 0.1) is 12.0 Å². The predicted octanol–water partition coefficient (Wildman–Crippen LogP) is 4.71. The van der Waals surface area contributed by atoms with Crippen molar-refractivity contribution in [2.45, 2.75) is 10.6 Å². The lowest BCUT2D eigenvalue weighted by molar-refractivity contribution is 0.415. The molecule has 0 radical (unpaired) electrons. The minimum absolute atomic E-state index is 0.264. The summed E-state index contributed by atoms with van der Waals surface area (Å²) in [6.07, 6.45) is 0. The maximum absolute atomic E-state index is 12.5. The molecule has 4 nitrogen and oxygen atoms in total. The Balaban J connectivity index is 1.57. The first kappa shape index (κ1) is 20.0. The van der Waals surface area contributed by atoms with Gasteiger partial charge in [0.15, 0.2) is 0 Å². The molecule has 3 aromatic carbocycles. The van der Waals surface area contributed by atoms with Crippen LogP contribution in [0.15, 0.2) is 65.6 Å². The predicted molar refractivity (Wildman–Crippen MR) is 113 cm³/mol. The van der Waals surface area contributed by atoms with Gasteiger partial charge in [-0.1, -0.05) is 35.9 Å². The van der Waals surface area contributed by atoms with E-state index in [0.717, 1.165) is 27.8 Å². The van der Waals surface area contributed by atoms with Crippen molar-refractivity contribution in [2.75, 3.05) is 19.4 Å². The summed E-state index contributed by atoms with van der Waals surface area (Å²) in [6, 6.07) is 18.3. The standard InChI is InChI=1S/C20H20ClNO3S2/c1-25-19-7-5-17-13-20(8-6-16(17)12-19)27(23,24)22-9-10-26-14-15-3-2-4-18(21)11-15/h2-8,11-13,22H,9-10,14H2,1H3. The average molecular weight is 422 g/mol. The molecule has 27 heavy (non-hydrogen) atoms. The Morgan fingerprint density at radius 1 is 1.04 bits per heavy atom. The third-order valence-corrected chi connectivity index (χ3v) is 6.75. The summed E-state index contributed by atoms with van der Waals surface area (Å²) in [4.78, 5) is 0.264. The summed E-state index contributed by atoms with van der Waals surface area (Å²) < 4.78 is 32.9. The molecule has 7 heteroatoms. The molecule has 0 bridgehead atoms. The zero-order valence-corrected chi connectivity index (χ0v) is 17.2. The molecule has 0 spiro atoms. The van der Waals surface area contributed by atoms with Crippen LogP contribution >= 0.6 is 23.4 Å². The zero-order chi connectivity index (χ0) is 19.3. The van der Waals surface area contributed by atoms with Crippen LogP contribution in [0.1, 0.15) is 5.56 Å². The molecule has 0 fully saturated rings. The number of thioether (sulfide) groups is 1. The van der Waals surface area contributed by atoms with E-state index in [1.54, 1.807) is 37.1 Å². The third-order valence-electron chi connectivity index (χ3n) is 4.03. The molecule has 0 amide bonds. The minimum atomic E-state index is -3.53. The zero-order valence-electron chi connectivity index (χ0n) is 14.8. The molecule has 0 saturated heterocycles. The first-order valence-electron chi connectivity index (χ1n) is 8.37. The van der Waals surface area contributed by atoms with Gasteiger partial charge in [-0.15, -0.1) is 0 Å². The van der Waals surface area contributed by atoms with Crippen LogP contribution in [0.25, 0.3) is 10.8 Å². The van der Waals surface area contributed by atoms with Crippen molar-refractivity contribution in [3.63, 3.8) is 0 Å². The molecule has 142 valence electrons. The molecular weight excluding hydrogens is 402 g/mol. The summed E-state index contributed by atoms with van der Waals surface area (Å²) in [5.74, 6) is 2.21. The second kappa shape index (κ2) is 8.97. The van der Waals surface area contributed by atoms with Gasteiger partial charge in [-0.25, -0.2) is 13.1 Å². The van der Waals surface area contributed by atoms with E-state index in [0.29, 0.717) is 17.3 Å². The Hall–Kier alpha value is -1.73. The summed E-state index contributed by atoms with van der Waals surface area (Å²) in [6.45, 7) is 0.369. The fourth-order valence-electron chi connectivity index (χ4n) is 2.64. The number of ether oxygens (including phenoxy) is 1. The number of rotatable bonds is 8. The molecule has 3 aromatic rings. The van der Waals surface area contributed by atoms with E-state index < -0.39 is 10.0 Å². The van der Waals surface area contributed by atoms with Crippen LogP contribution in [-0.4, -0.2) is 27.8 Å². The number of methoxy groups -OCH3 is 1. The lowest BCUT2D eigenvalue weighted by Crippen LogP contribution is -2.26. The van der Waals surface area contributed by atoms with Crippen molar-refractivity contribution in [3.8, 4) is 5.75 Å². The summed E-state index contributed by atoms with van der Waals surface area (Å²) in [5.41, 5.74) is 1.13. The molecule has 0 aliphatic heterocycles. The van der Waals surface area contributed by atoms with Gasteiger partial charge >= 0.3 is 0 Å². The van der Waals surface area contributed by atoms with E-state index in [2.05, 4.69) is 4.72 Å². The van der Waals surface area contributed by atoms with Crippen molar-refractivity contribution >= 4 is 44.2 Å². The van der Waals surface area contributed by atoms with Gasteiger partial charge in [0.2, 0.25) is 10.0 Å². The van der Waals surface area contributed by atoms with Crippen molar-refractivity contribution in [3.05, 3.63) is 71.2 Å². The SMILES string of the molecule is COc1ccc2cc(S(=O)(=O)NCCSCc3cccc(Cl)c3)ccc2c1. The maximum Gasteiger partial charge on any atom is 0.240 e. The van der Waals surface area contributed by atoms with Crippen LogP contribution in [0.2, 0.25) is 5.02 Å². The first-order valence-corrected chi connectivity index (χ1v) is 11.4. The largest absolute Gasteiger partial charge is 0.497 e.